The Bertz CT molecular complexity index is 401. The molecule has 112 valence electrons. The molecule has 0 bridgehead atoms. The Balaban J connectivity index is 2.29. The first-order chi connectivity index (χ1) is 9.69. The summed E-state index contributed by atoms with van der Waals surface area (Å²) in [6.45, 7) is 8.79. The van der Waals surface area contributed by atoms with E-state index in [0.717, 1.165) is 37.2 Å². The lowest BCUT2D eigenvalue weighted by Gasteiger charge is -2.21. The van der Waals surface area contributed by atoms with E-state index in [1.54, 1.807) is 0 Å². The molecule has 2 amide bonds. The lowest BCUT2D eigenvalue weighted by Crippen LogP contribution is -2.42. The second-order valence-electron chi connectivity index (χ2n) is 4.83. The van der Waals surface area contributed by atoms with Crippen LogP contribution in [0.5, 0.6) is 5.75 Å². The third-order valence-electron chi connectivity index (χ3n) is 3.00. The molecule has 0 unspecified atom stereocenters. The maximum atomic E-state index is 12.0. The fraction of sp³-hybridized carbons (Fsp3) is 0.562. The van der Waals surface area contributed by atoms with Gasteiger partial charge in [-0.3, -0.25) is 0 Å². The molecule has 20 heavy (non-hydrogen) atoms. The molecule has 0 aliphatic rings. The van der Waals surface area contributed by atoms with E-state index in [1.807, 2.05) is 36.1 Å². The molecular formula is C16H26N2O2. The van der Waals surface area contributed by atoms with Crippen LogP contribution in [0.2, 0.25) is 0 Å². The zero-order chi connectivity index (χ0) is 14.8. The monoisotopic (exact) mass is 278 g/mol. The smallest absolute Gasteiger partial charge is 0.317 e. The molecule has 0 aliphatic carbocycles. The number of urea groups is 1. The quantitative estimate of drug-likeness (QED) is 0.742. The van der Waals surface area contributed by atoms with E-state index in [4.69, 9.17) is 4.74 Å². The average molecular weight is 278 g/mol. The number of para-hydroxylation sites is 1. The highest BCUT2D eigenvalue weighted by Crippen LogP contribution is 2.15. The van der Waals surface area contributed by atoms with Crippen molar-refractivity contribution in [1.29, 1.82) is 0 Å². The van der Waals surface area contributed by atoms with Crippen LogP contribution in [0.15, 0.2) is 24.3 Å². The van der Waals surface area contributed by atoms with Crippen LogP contribution in [-0.2, 0) is 0 Å². The van der Waals surface area contributed by atoms with E-state index >= 15 is 0 Å². The number of carbonyl (C=O) groups is 1. The molecular weight excluding hydrogens is 252 g/mol. The largest absolute Gasteiger partial charge is 0.491 e. The topological polar surface area (TPSA) is 41.6 Å². The first-order valence-corrected chi connectivity index (χ1v) is 7.40. The summed E-state index contributed by atoms with van der Waals surface area (Å²) in [5.74, 6) is 0.876. The van der Waals surface area contributed by atoms with Crippen molar-refractivity contribution < 1.29 is 9.53 Å². The number of hydrogen-bond acceptors (Lipinski definition) is 2. The summed E-state index contributed by atoms with van der Waals surface area (Å²) < 4.78 is 5.65. The van der Waals surface area contributed by atoms with Crippen LogP contribution in [-0.4, -0.2) is 37.2 Å². The molecule has 1 rings (SSSR count). The number of carbonyl (C=O) groups excluding carboxylic acids is 1. The first kappa shape index (κ1) is 16.3. The van der Waals surface area contributed by atoms with Gasteiger partial charge in [-0.1, -0.05) is 32.0 Å². The second kappa shape index (κ2) is 9.23. The number of benzene rings is 1. The SMILES string of the molecule is CCCN(CCC)C(=O)NCCOc1ccccc1C. The van der Waals surface area contributed by atoms with E-state index in [-0.39, 0.29) is 6.03 Å². The molecule has 0 spiro atoms. The lowest BCUT2D eigenvalue weighted by molar-refractivity contribution is 0.194. The van der Waals surface area contributed by atoms with Gasteiger partial charge in [-0.25, -0.2) is 4.79 Å². The van der Waals surface area contributed by atoms with Crippen LogP contribution in [0.4, 0.5) is 4.79 Å². The predicted octanol–water partition coefficient (Wildman–Crippen LogP) is 3.21. The minimum Gasteiger partial charge on any atom is -0.491 e. The number of nitrogens with zero attached hydrogens (tertiary/aromatic N) is 1. The Kier molecular flexibility index (Phi) is 7.55. The summed E-state index contributed by atoms with van der Waals surface area (Å²) in [5, 5.41) is 2.90. The van der Waals surface area contributed by atoms with Crippen molar-refractivity contribution in [3.05, 3.63) is 29.8 Å². The van der Waals surface area contributed by atoms with Gasteiger partial charge in [0.25, 0.3) is 0 Å². The van der Waals surface area contributed by atoms with Crippen LogP contribution in [0, 0.1) is 6.92 Å². The number of rotatable bonds is 8. The zero-order valence-corrected chi connectivity index (χ0v) is 12.8. The van der Waals surface area contributed by atoms with Gasteiger partial charge in [-0.2, -0.15) is 0 Å². The van der Waals surface area contributed by atoms with Crippen LogP contribution in [0.3, 0.4) is 0 Å². The van der Waals surface area contributed by atoms with Crippen molar-refractivity contribution in [2.45, 2.75) is 33.6 Å². The zero-order valence-electron chi connectivity index (χ0n) is 12.8. The number of hydrogen-bond donors (Lipinski definition) is 1. The number of ether oxygens (including phenoxy) is 1. The summed E-state index contributed by atoms with van der Waals surface area (Å²) in [4.78, 5) is 13.8. The minimum absolute atomic E-state index is 0.00193. The Morgan fingerprint density at radius 1 is 1.20 bits per heavy atom. The van der Waals surface area contributed by atoms with Gasteiger partial charge in [0.2, 0.25) is 0 Å². The maximum Gasteiger partial charge on any atom is 0.317 e. The lowest BCUT2D eigenvalue weighted by atomic mass is 10.2. The summed E-state index contributed by atoms with van der Waals surface area (Å²) in [7, 11) is 0. The Labute approximate surface area is 122 Å². The van der Waals surface area contributed by atoms with E-state index in [0.29, 0.717) is 13.2 Å². The van der Waals surface area contributed by atoms with Crippen LogP contribution in [0.1, 0.15) is 32.3 Å². The molecule has 4 nitrogen and oxygen atoms in total. The normalized spacial score (nSPS) is 10.2. The van der Waals surface area contributed by atoms with Gasteiger partial charge >= 0.3 is 6.03 Å². The van der Waals surface area contributed by atoms with Crippen LogP contribution < -0.4 is 10.1 Å². The van der Waals surface area contributed by atoms with Crippen molar-refractivity contribution in [3.8, 4) is 5.75 Å². The van der Waals surface area contributed by atoms with E-state index < -0.39 is 0 Å². The second-order valence-corrected chi connectivity index (χ2v) is 4.83. The van der Waals surface area contributed by atoms with E-state index in [2.05, 4.69) is 19.2 Å². The Morgan fingerprint density at radius 3 is 2.45 bits per heavy atom. The average Bonchev–Trinajstić information content (AvgIpc) is 2.45. The molecule has 1 aromatic carbocycles. The molecule has 0 aliphatic heterocycles. The highest BCUT2D eigenvalue weighted by Gasteiger charge is 2.10. The molecule has 0 atom stereocenters. The van der Waals surface area contributed by atoms with E-state index in [9.17, 15) is 4.79 Å². The molecule has 0 aromatic heterocycles. The third-order valence-corrected chi connectivity index (χ3v) is 3.00. The highest BCUT2D eigenvalue weighted by atomic mass is 16.5. The maximum absolute atomic E-state index is 12.0. The van der Waals surface area contributed by atoms with Crippen molar-refractivity contribution in [1.82, 2.24) is 10.2 Å². The van der Waals surface area contributed by atoms with Gasteiger partial charge in [0, 0.05) is 13.1 Å². The molecule has 0 saturated heterocycles. The number of nitrogens with one attached hydrogen (secondary N) is 1. The molecule has 0 fully saturated rings. The van der Waals surface area contributed by atoms with Gasteiger partial charge in [-0.05, 0) is 31.4 Å². The molecule has 1 N–H and O–H groups in total. The highest BCUT2D eigenvalue weighted by molar-refractivity contribution is 5.74. The standard InChI is InChI=1S/C16H26N2O2/c1-4-11-18(12-5-2)16(19)17-10-13-20-15-9-7-6-8-14(15)3/h6-9H,4-5,10-13H2,1-3H3,(H,17,19). The first-order valence-electron chi connectivity index (χ1n) is 7.40. The Hall–Kier alpha value is -1.71. The molecule has 4 heteroatoms. The van der Waals surface area contributed by atoms with Crippen molar-refractivity contribution in [2.75, 3.05) is 26.2 Å². The third kappa shape index (κ3) is 5.51. The Morgan fingerprint density at radius 2 is 1.85 bits per heavy atom. The fourth-order valence-electron chi connectivity index (χ4n) is 2.00. The van der Waals surface area contributed by atoms with Crippen molar-refractivity contribution in [3.63, 3.8) is 0 Å². The van der Waals surface area contributed by atoms with Crippen molar-refractivity contribution >= 4 is 6.03 Å². The van der Waals surface area contributed by atoms with Gasteiger partial charge in [-0.15, -0.1) is 0 Å². The number of aryl methyl sites for hydroxylation is 1. The van der Waals surface area contributed by atoms with E-state index in [1.165, 1.54) is 0 Å². The summed E-state index contributed by atoms with van der Waals surface area (Å²) in [6, 6.07) is 7.89. The summed E-state index contributed by atoms with van der Waals surface area (Å²) in [5.41, 5.74) is 1.11. The van der Waals surface area contributed by atoms with Gasteiger partial charge in [0.15, 0.2) is 0 Å². The molecule has 0 saturated carbocycles. The summed E-state index contributed by atoms with van der Waals surface area (Å²) in [6.07, 6.45) is 1.96. The minimum atomic E-state index is 0.00193. The molecule has 1 aromatic rings. The molecule has 0 heterocycles. The molecule has 0 radical (unpaired) electrons. The summed E-state index contributed by atoms with van der Waals surface area (Å²) >= 11 is 0. The van der Waals surface area contributed by atoms with Gasteiger partial charge < -0.3 is 15.0 Å². The van der Waals surface area contributed by atoms with Crippen LogP contribution in [0.25, 0.3) is 0 Å². The van der Waals surface area contributed by atoms with Gasteiger partial charge in [0.05, 0.1) is 6.54 Å². The van der Waals surface area contributed by atoms with Crippen LogP contribution >= 0.6 is 0 Å². The predicted molar refractivity (Wildman–Crippen MR) is 82.2 cm³/mol. The fourth-order valence-corrected chi connectivity index (χ4v) is 2.00. The van der Waals surface area contributed by atoms with Gasteiger partial charge in [0.1, 0.15) is 12.4 Å². The van der Waals surface area contributed by atoms with Crippen molar-refractivity contribution in [2.24, 2.45) is 0 Å². The number of amides is 2.